The molecule has 5 heterocycles. The Hall–Kier alpha value is -5.13. The molecule has 0 unspecified atom stereocenters. The van der Waals surface area contributed by atoms with Gasteiger partial charge in [-0.25, -0.2) is 13.8 Å². The standard InChI is InChI=1S/C31H28F2N6O4/c1-5-22(41)37-11-12-38-20(14-37)30(42)36-26-28(38)17-13-19(33)25(23-18(32)7-6-8-21(23)40)35-29(17)39(31(26)43)27-16(4)9-10-34-24(27)15(2)3/h5-10,13,15,20,40H,1,11-12,14H2,2-4H3,(H,36,42)/t20-/m1/s1. The van der Waals surface area contributed by atoms with Crippen molar-refractivity contribution in [1.29, 1.82) is 0 Å². The Balaban J connectivity index is 1.72. The summed E-state index contributed by atoms with van der Waals surface area (Å²) in [6.45, 7) is 9.55. The number of piperazine rings is 1. The zero-order valence-corrected chi connectivity index (χ0v) is 23.7. The lowest BCUT2D eigenvalue weighted by molar-refractivity contribution is -0.128. The summed E-state index contributed by atoms with van der Waals surface area (Å²) >= 11 is 0. The van der Waals surface area contributed by atoms with Gasteiger partial charge in [-0.2, -0.15) is 0 Å². The Morgan fingerprint density at radius 3 is 2.63 bits per heavy atom. The van der Waals surface area contributed by atoms with Crippen molar-refractivity contribution in [3.8, 4) is 22.7 Å². The molecular weight excluding hydrogens is 558 g/mol. The topological polar surface area (TPSA) is 121 Å². The second-order valence-electron chi connectivity index (χ2n) is 10.9. The van der Waals surface area contributed by atoms with Crippen LogP contribution in [0.2, 0.25) is 0 Å². The highest BCUT2D eigenvalue weighted by atomic mass is 19.1. The summed E-state index contributed by atoms with van der Waals surface area (Å²) in [5, 5.41) is 13.4. The van der Waals surface area contributed by atoms with Crippen molar-refractivity contribution in [2.75, 3.05) is 29.9 Å². The molecule has 1 aromatic carbocycles. The van der Waals surface area contributed by atoms with Crippen LogP contribution in [0, 0.1) is 18.6 Å². The van der Waals surface area contributed by atoms with E-state index in [1.165, 1.54) is 27.7 Å². The van der Waals surface area contributed by atoms with Crippen LogP contribution in [0.15, 0.2) is 54.0 Å². The number of hydrogen-bond acceptors (Lipinski definition) is 7. The highest BCUT2D eigenvalue weighted by Gasteiger charge is 2.41. The average Bonchev–Trinajstić information content (AvgIpc) is 2.97. The van der Waals surface area contributed by atoms with Gasteiger partial charge in [-0.05, 0) is 48.7 Å². The van der Waals surface area contributed by atoms with Crippen molar-refractivity contribution in [2.45, 2.75) is 32.7 Å². The highest BCUT2D eigenvalue weighted by molar-refractivity contribution is 6.11. The van der Waals surface area contributed by atoms with Crippen molar-refractivity contribution in [1.82, 2.24) is 19.4 Å². The fourth-order valence-electron chi connectivity index (χ4n) is 5.90. The van der Waals surface area contributed by atoms with Crippen molar-refractivity contribution >= 4 is 34.2 Å². The first-order valence-electron chi connectivity index (χ1n) is 13.7. The van der Waals surface area contributed by atoms with Crippen molar-refractivity contribution in [2.24, 2.45) is 0 Å². The number of nitrogens with zero attached hydrogens (tertiary/aromatic N) is 5. The molecule has 4 aromatic rings. The highest BCUT2D eigenvalue weighted by Crippen LogP contribution is 2.41. The molecule has 10 nitrogen and oxygen atoms in total. The minimum Gasteiger partial charge on any atom is -0.507 e. The van der Waals surface area contributed by atoms with Crippen molar-refractivity contribution in [3.05, 3.63) is 82.4 Å². The lowest BCUT2D eigenvalue weighted by atomic mass is 10.0. The molecule has 2 N–H and O–H groups in total. The summed E-state index contributed by atoms with van der Waals surface area (Å²) in [7, 11) is 0. The molecule has 0 spiro atoms. The molecule has 3 aromatic heterocycles. The second-order valence-corrected chi connectivity index (χ2v) is 10.9. The van der Waals surface area contributed by atoms with Crippen molar-refractivity contribution in [3.63, 3.8) is 0 Å². The number of hydrogen-bond donors (Lipinski definition) is 2. The van der Waals surface area contributed by atoms with E-state index >= 15 is 4.39 Å². The maximum atomic E-state index is 16.0. The molecule has 1 saturated heterocycles. The molecule has 12 heteroatoms. The van der Waals surface area contributed by atoms with Crippen LogP contribution in [-0.4, -0.2) is 62.0 Å². The molecule has 1 fully saturated rings. The van der Waals surface area contributed by atoms with Gasteiger partial charge >= 0.3 is 0 Å². The van der Waals surface area contributed by atoms with Gasteiger partial charge in [0.2, 0.25) is 11.8 Å². The quantitative estimate of drug-likeness (QED) is 0.347. The van der Waals surface area contributed by atoms with Gasteiger partial charge in [0, 0.05) is 24.7 Å². The molecule has 0 radical (unpaired) electrons. The number of anilines is 2. The smallest absolute Gasteiger partial charge is 0.282 e. The molecule has 2 aliphatic heterocycles. The number of nitrogens with one attached hydrogen (secondary N) is 1. The number of aromatic nitrogens is 3. The number of benzene rings is 1. The molecule has 2 aliphatic rings. The zero-order valence-electron chi connectivity index (χ0n) is 23.7. The van der Waals surface area contributed by atoms with E-state index in [4.69, 9.17) is 0 Å². The fourth-order valence-corrected chi connectivity index (χ4v) is 5.90. The number of pyridine rings is 3. The summed E-state index contributed by atoms with van der Waals surface area (Å²) in [4.78, 5) is 52.3. The van der Waals surface area contributed by atoms with Crippen molar-refractivity contribution < 1.29 is 23.5 Å². The number of fused-ring (bicyclic) bond motifs is 5. The first-order valence-corrected chi connectivity index (χ1v) is 13.7. The number of phenolic OH excluding ortho intramolecular Hbond substituents is 1. The number of aromatic hydroxyl groups is 1. The molecule has 0 bridgehead atoms. The molecule has 1 atom stereocenters. The van der Waals surface area contributed by atoms with Crippen LogP contribution in [0.4, 0.5) is 20.2 Å². The second kappa shape index (κ2) is 10.3. The number of carbonyl (C=O) groups is 2. The Kier molecular flexibility index (Phi) is 6.71. The van der Waals surface area contributed by atoms with Crippen LogP contribution in [0.1, 0.15) is 31.0 Å². The normalized spacial score (nSPS) is 16.2. The third-order valence-electron chi connectivity index (χ3n) is 7.93. The van der Waals surface area contributed by atoms with E-state index in [0.29, 0.717) is 16.9 Å². The first kappa shape index (κ1) is 28.0. The van der Waals surface area contributed by atoms with Gasteiger partial charge in [-0.3, -0.25) is 23.9 Å². The Labute approximate surface area is 244 Å². The molecule has 43 heavy (non-hydrogen) atoms. The van der Waals surface area contributed by atoms with E-state index in [9.17, 15) is 23.9 Å². The lowest BCUT2D eigenvalue weighted by Gasteiger charge is -2.45. The van der Waals surface area contributed by atoms with Gasteiger partial charge in [0.1, 0.15) is 29.0 Å². The summed E-state index contributed by atoms with van der Waals surface area (Å²) in [5.74, 6) is -3.33. The van der Waals surface area contributed by atoms with E-state index < -0.39 is 46.1 Å². The third kappa shape index (κ3) is 4.32. The molecule has 2 amide bonds. The maximum Gasteiger partial charge on any atom is 0.282 e. The number of phenols is 1. The van der Waals surface area contributed by atoms with E-state index in [0.717, 1.165) is 12.1 Å². The molecule has 0 saturated carbocycles. The summed E-state index contributed by atoms with van der Waals surface area (Å²) < 4.78 is 32.2. The van der Waals surface area contributed by atoms with Crippen LogP contribution in [0.25, 0.3) is 28.0 Å². The number of carbonyl (C=O) groups excluding carboxylic acids is 2. The van der Waals surface area contributed by atoms with E-state index in [1.807, 2.05) is 13.8 Å². The monoisotopic (exact) mass is 586 g/mol. The number of rotatable bonds is 4. The number of halogens is 2. The molecule has 6 rings (SSSR count). The number of aryl methyl sites for hydroxylation is 1. The van der Waals surface area contributed by atoms with E-state index in [-0.39, 0.29) is 53.9 Å². The molecule has 220 valence electrons. The van der Waals surface area contributed by atoms with Gasteiger partial charge in [-0.1, -0.05) is 26.5 Å². The molecular formula is C31H28F2N6O4. The van der Waals surface area contributed by atoms with Crippen LogP contribution >= 0.6 is 0 Å². The Bertz CT molecular complexity index is 1900. The third-order valence-corrected chi connectivity index (χ3v) is 7.93. The molecule has 0 aliphatic carbocycles. The summed E-state index contributed by atoms with van der Waals surface area (Å²) in [6.07, 6.45) is 2.78. The fraction of sp³-hybridized carbons (Fsp3) is 0.258. The minimum absolute atomic E-state index is 0.0136. The summed E-state index contributed by atoms with van der Waals surface area (Å²) in [6, 6.07) is 5.56. The predicted octanol–water partition coefficient (Wildman–Crippen LogP) is 4.02. The van der Waals surface area contributed by atoms with Crippen LogP contribution in [0.3, 0.4) is 0 Å². The largest absolute Gasteiger partial charge is 0.507 e. The first-order chi connectivity index (χ1) is 20.5. The van der Waals surface area contributed by atoms with Crippen LogP contribution < -0.4 is 15.8 Å². The summed E-state index contributed by atoms with van der Waals surface area (Å²) in [5.41, 5.74) is 0.208. The van der Waals surface area contributed by atoms with Crippen LogP contribution in [-0.2, 0) is 9.59 Å². The maximum absolute atomic E-state index is 16.0. The Morgan fingerprint density at radius 1 is 1.16 bits per heavy atom. The van der Waals surface area contributed by atoms with Crippen LogP contribution in [0.5, 0.6) is 5.75 Å². The average molecular weight is 587 g/mol. The van der Waals surface area contributed by atoms with E-state index in [1.54, 1.807) is 24.1 Å². The SMILES string of the molecule is C=CC(=O)N1CCN2c3c(c(=O)n(-c4c(C)ccnc4C(C)C)c4nc(-c5c(O)cccc5F)c(F)cc34)NC(=O)[C@H]2C1. The zero-order chi connectivity index (χ0) is 30.7. The van der Waals surface area contributed by atoms with Gasteiger partial charge < -0.3 is 20.2 Å². The predicted molar refractivity (Wildman–Crippen MR) is 158 cm³/mol. The lowest BCUT2D eigenvalue weighted by Crippen LogP contribution is -2.61. The van der Waals surface area contributed by atoms with Gasteiger partial charge in [0.05, 0.1) is 29.2 Å². The minimum atomic E-state index is -0.943. The van der Waals surface area contributed by atoms with E-state index in [2.05, 4.69) is 21.9 Å². The van der Waals surface area contributed by atoms with Gasteiger partial charge in [-0.15, -0.1) is 0 Å². The number of amides is 2. The van der Waals surface area contributed by atoms with Gasteiger partial charge in [0.15, 0.2) is 11.5 Å². The Morgan fingerprint density at radius 2 is 1.93 bits per heavy atom. The van der Waals surface area contributed by atoms with Gasteiger partial charge in [0.25, 0.3) is 5.56 Å².